The van der Waals surface area contributed by atoms with Gasteiger partial charge in [0.25, 0.3) is 0 Å². The van der Waals surface area contributed by atoms with Gasteiger partial charge in [0.05, 0.1) is 13.7 Å². The van der Waals surface area contributed by atoms with Gasteiger partial charge in [-0.15, -0.1) is 0 Å². The van der Waals surface area contributed by atoms with E-state index in [0.29, 0.717) is 23.4 Å². The van der Waals surface area contributed by atoms with E-state index in [1.54, 1.807) is 6.92 Å². The molecule has 2 aliphatic carbocycles. The summed E-state index contributed by atoms with van der Waals surface area (Å²) in [7, 11) is 1.36. The molecule has 6 nitrogen and oxygen atoms in total. The molecule has 1 aromatic carbocycles. The maximum absolute atomic E-state index is 13.7. The average molecular weight is 465 g/mol. The van der Waals surface area contributed by atoms with Crippen LogP contribution in [-0.2, 0) is 16.1 Å². The number of esters is 1. The van der Waals surface area contributed by atoms with Crippen LogP contribution in [0.25, 0.3) is 0 Å². The van der Waals surface area contributed by atoms with E-state index in [2.05, 4.69) is 12.1 Å². The summed E-state index contributed by atoms with van der Waals surface area (Å²) in [6.07, 6.45) is 6.10. The predicted octanol–water partition coefficient (Wildman–Crippen LogP) is 5.06. The molecule has 6 heteroatoms. The van der Waals surface area contributed by atoms with Crippen molar-refractivity contribution in [2.75, 3.05) is 13.7 Å². The second kappa shape index (κ2) is 10.2. The standard InChI is InChI=1S/C28H36N2O4/c1-5-29-19(3)25(18(2)26(29)28(33)34-4)24(31)17-30(21-14-10-7-11-15-21)27(32)23-16-22(23)20-12-8-6-9-13-20/h6,8-9,12-13,21-23H,5,7,10-11,14-17H2,1-4H3/t22-,23?/m0/s1. The van der Waals surface area contributed by atoms with Gasteiger partial charge in [0, 0.05) is 29.8 Å². The van der Waals surface area contributed by atoms with Crippen LogP contribution >= 0.6 is 0 Å². The molecule has 2 fully saturated rings. The van der Waals surface area contributed by atoms with E-state index in [9.17, 15) is 14.4 Å². The normalized spacial score (nSPS) is 20.1. The van der Waals surface area contributed by atoms with Gasteiger partial charge < -0.3 is 14.2 Å². The fraction of sp³-hybridized carbons (Fsp3) is 0.536. The number of methoxy groups -OCH3 is 1. The zero-order valence-electron chi connectivity index (χ0n) is 20.8. The monoisotopic (exact) mass is 464 g/mol. The van der Waals surface area contributed by atoms with Gasteiger partial charge in [0.1, 0.15) is 5.69 Å². The second-order valence-electron chi connectivity index (χ2n) is 9.71. The zero-order valence-corrected chi connectivity index (χ0v) is 20.8. The van der Waals surface area contributed by atoms with Crippen LogP contribution in [0.4, 0.5) is 0 Å². The lowest BCUT2D eigenvalue weighted by Crippen LogP contribution is -2.45. The molecule has 0 bridgehead atoms. The van der Waals surface area contributed by atoms with Crippen molar-refractivity contribution in [1.29, 1.82) is 0 Å². The molecule has 2 aromatic rings. The summed E-state index contributed by atoms with van der Waals surface area (Å²) in [4.78, 5) is 41.7. The first-order valence-electron chi connectivity index (χ1n) is 12.6. The molecule has 0 radical (unpaired) electrons. The fourth-order valence-electron chi connectivity index (χ4n) is 5.82. The van der Waals surface area contributed by atoms with Crippen molar-refractivity contribution >= 4 is 17.7 Å². The van der Waals surface area contributed by atoms with E-state index in [0.717, 1.165) is 37.8 Å². The van der Waals surface area contributed by atoms with Crippen LogP contribution in [0.1, 0.15) is 89.0 Å². The summed E-state index contributed by atoms with van der Waals surface area (Å²) in [5, 5.41) is 0. The summed E-state index contributed by atoms with van der Waals surface area (Å²) >= 11 is 0. The van der Waals surface area contributed by atoms with Gasteiger partial charge in [0.15, 0.2) is 5.78 Å². The summed E-state index contributed by atoms with van der Waals surface area (Å²) in [5.41, 5.74) is 3.57. The number of benzene rings is 1. The molecular weight excluding hydrogens is 428 g/mol. The number of ether oxygens (including phenoxy) is 1. The highest BCUT2D eigenvalue weighted by molar-refractivity contribution is 6.05. The van der Waals surface area contributed by atoms with Crippen molar-refractivity contribution in [3.8, 4) is 0 Å². The largest absolute Gasteiger partial charge is 0.464 e. The number of hydrogen-bond donors (Lipinski definition) is 0. The van der Waals surface area contributed by atoms with E-state index >= 15 is 0 Å². The molecule has 1 heterocycles. The van der Waals surface area contributed by atoms with Gasteiger partial charge in [-0.1, -0.05) is 49.6 Å². The maximum atomic E-state index is 13.7. The Bertz CT molecular complexity index is 1070. The Morgan fingerprint density at radius 3 is 2.35 bits per heavy atom. The molecule has 2 aliphatic rings. The number of carbonyl (C=O) groups excluding carboxylic acids is 3. The van der Waals surface area contributed by atoms with Crippen LogP contribution in [0.3, 0.4) is 0 Å². The van der Waals surface area contributed by atoms with Crippen molar-refractivity contribution < 1.29 is 19.1 Å². The highest BCUT2D eigenvalue weighted by Gasteiger charge is 2.47. The Morgan fingerprint density at radius 2 is 1.74 bits per heavy atom. The molecule has 182 valence electrons. The summed E-state index contributed by atoms with van der Waals surface area (Å²) in [6.45, 7) is 6.25. The van der Waals surface area contributed by atoms with Crippen molar-refractivity contribution in [3.63, 3.8) is 0 Å². The van der Waals surface area contributed by atoms with Gasteiger partial charge in [-0.3, -0.25) is 9.59 Å². The minimum Gasteiger partial charge on any atom is -0.464 e. The van der Waals surface area contributed by atoms with E-state index in [4.69, 9.17) is 4.74 Å². The first-order chi connectivity index (χ1) is 16.4. The number of hydrogen-bond acceptors (Lipinski definition) is 4. The van der Waals surface area contributed by atoms with Crippen LogP contribution in [-0.4, -0.2) is 46.8 Å². The SMILES string of the molecule is CCn1c(C)c(C(=O)CN(C(=O)C2C[C@H]2c2ccccc2)C2CCCCC2)c(C)c1C(=O)OC. The Kier molecular flexibility index (Phi) is 7.24. The molecule has 1 amide bonds. The third kappa shape index (κ3) is 4.55. The first kappa shape index (κ1) is 24.2. The molecule has 2 atom stereocenters. The van der Waals surface area contributed by atoms with Crippen LogP contribution in [0.15, 0.2) is 30.3 Å². The number of nitrogens with zero attached hydrogens (tertiary/aromatic N) is 2. The lowest BCUT2D eigenvalue weighted by atomic mass is 9.93. The molecule has 0 aliphatic heterocycles. The van der Waals surface area contributed by atoms with Crippen LogP contribution in [0.2, 0.25) is 0 Å². The average Bonchev–Trinajstić information content (AvgIpc) is 3.62. The maximum Gasteiger partial charge on any atom is 0.354 e. The minimum atomic E-state index is -0.439. The minimum absolute atomic E-state index is 0.0507. The van der Waals surface area contributed by atoms with Crippen LogP contribution in [0.5, 0.6) is 0 Å². The Balaban J connectivity index is 1.60. The Morgan fingerprint density at radius 1 is 1.06 bits per heavy atom. The number of Topliss-reactive ketones (excluding diaryl/α,β-unsaturated/α-hetero) is 1. The smallest absolute Gasteiger partial charge is 0.354 e. The first-order valence-corrected chi connectivity index (χ1v) is 12.6. The van der Waals surface area contributed by atoms with Crippen molar-refractivity contribution in [1.82, 2.24) is 9.47 Å². The molecule has 0 N–H and O–H groups in total. The van der Waals surface area contributed by atoms with E-state index in [1.165, 1.54) is 19.1 Å². The fourth-order valence-corrected chi connectivity index (χ4v) is 5.82. The number of aromatic nitrogens is 1. The van der Waals surface area contributed by atoms with Gasteiger partial charge >= 0.3 is 5.97 Å². The Hall–Kier alpha value is -2.89. The third-order valence-corrected chi connectivity index (χ3v) is 7.69. The van der Waals surface area contributed by atoms with E-state index < -0.39 is 5.97 Å². The summed E-state index contributed by atoms with van der Waals surface area (Å²) in [6, 6.07) is 10.3. The van der Waals surface area contributed by atoms with Crippen molar-refractivity contribution in [3.05, 3.63) is 58.4 Å². The topological polar surface area (TPSA) is 68.6 Å². The molecule has 2 saturated carbocycles. The molecular formula is C28H36N2O4. The number of carbonyl (C=O) groups is 3. The number of amides is 1. The molecule has 34 heavy (non-hydrogen) atoms. The van der Waals surface area contributed by atoms with Gasteiger partial charge in [-0.2, -0.15) is 0 Å². The lowest BCUT2D eigenvalue weighted by Gasteiger charge is -2.34. The molecule has 0 saturated heterocycles. The van der Waals surface area contributed by atoms with Gasteiger partial charge in [0.2, 0.25) is 5.91 Å². The third-order valence-electron chi connectivity index (χ3n) is 7.69. The van der Waals surface area contributed by atoms with E-state index in [1.807, 2.05) is 41.5 Å². The molecule has 1 aromatic heterocycles. The second-order valence-corrected chi connectivity index (χ2v) is 9.71. The lowest BCUT2D eigenvalue weighted by molar-refractivity contribution is -0.135. The van der Waals surface area contributed by atoms with Gasteiger partial charge in [-0.25, -0.2) is 4.79 Å². The van der Waals surface area contributed by atoms with Crippen molar-refractivity contribution in [2.24, 2.45) is 5.92 Å². The highest BCUT2D eigenvalue weighted by Crippen LogP contribution is 2.49. The summed E-state index contributed by atoms with van der Waals surface area (Å²) in [5.74, 6) is -0.239. The van der Waals surface area contributed by atoms with Crippen molar-refractivity contribution in [2.45, 2.75) is 77.8 Å². The van der Waals surface area contributed by atoms with E-state index in [-0.39, 0.29) is 36.1 Å². The number of rotatable bonds is 8. The highest BCUT2D eigenvalue weighted by atomic mass is 16.5. The molecule has 4 rings (SSSR count). The van der Waals surface area contributed by atoms with Crippen LogP contribution < -0.4 is 0 Å². The zero-order chi connectivity index (χ0) is 24.4. The molecule has 1 unspecified atom stereocenters. The Labute approximate surface area is 202 Å². The van der Waals surface area contributed by atoms with Gasteiger partial charge in [-0.05, 0) is 57.1 Å². The predicted molar refractivity (Wildman–Crippen MR) is 131 cm³/mol. The number of ketones is 1. The van der Waals surface area contributed by atoms with Crippen LogP contribution in [0, 0.1) is 19.8 Å². The quantitative estimate of drug-likeness (QED) is 0.405. The molecule has 0 spiro atoms. The summed E-state index contributed by atoms with van der Waals surface area (Å²) < 4.78 is 6.82.